The van der Waals surface area contributed by atoms with Gasteiger partial charge in [0.2, 0.25) is 5.69 Å². The topological polar surface area (TPSA) is 104 Å². The maximum Gasteiger partial charge on any atom is 0.360 e. The highest BCUT2D eigenvalue weighted by Crippen LogP contribution is 2.23. The van der Waals surface area contributed by atoms with E-state index < -0.39 is 5.97 Å². The number of hydrogen-bond acceptors (Lipinski definition) is 4. The lowest BCUT2D eigenvalue weighted by atomic mass is 10.3. The number of carboxylic acids is 1. The Bertz CT molecular complexity index is 500. The van der Waals surface area contributed by atoms with Crippen LogP contribution in [-0.4, -0.2) is 36.2 Å². The van der Waals surface area contributed by atoms with Gasteiger partial charge < -0.3 is 10.2 Å². The first-order valence-corrected chi connectivity index (χ1v) is 4.13. The Balaban J connectivity index is 2.60. The van der Waals surface area contributed by atoms with Gasteiger partial charge in [-0.3, -0.25) is 5.10 Å². The summed E-state index contributed by atoms with van der Waals surface area (Å²) in [4.78, 5) is 10.7. The van der Waals surface area contributed by atoms with Crippen LogP contribution in [0, 0.1) is 6.92 Å². The van der Waals surface area contributed by atoms with Crippen LogP contribution in [0.3, 0.4) is 0 Å². The maximum absolute atomic E-state index is 10.7. The Morgan fingerprint density at radius 2 is 2.33 bits per heavy atom. The van der Waals surface area contributed by atoms with Gasteiger partial charge in [0, 0.05) is 6.07 Å². The molecule has 0 aliphatic heterocycles. The largest absolute Gasteiger partial charge is 0.504 e. The van der Waals surface area contributed by atoms with Crippen LogP contribution in [-0.2, 0) is 0 Å². The van der Waals surface area contributed by atoms with E-state index in [1.807, 2.05) is 0 Å². The molecule has 0 fully saturated rings. The minimum Gasteiger partial charge on any atom is -0.504 e. The number of aromatic amines is 1. The molecule has 3 N–H and O–H groups in total. The highest BCUT2D eigenvalue weighted by Gasteiger charge is 2.20. The van der Waals surface area contributed by atoms with Crippen molar-refractivity contribution in [1.82, 2.24) is 20.0 Å². The molecule has 0 atom stereocenters. The Kier molecular flexibility index (Phi) is 1.93. The summed E-state index contributed by atoms with van der Waals surface area (Å²) < 4.78 is 1.28. The number of nitrogens with one attached hydrogen (secondary N) is 1. The zero-order chi connectivity index (χ0) is 11.0. The lowest BCUT2D eigenvalue weighted by Gasteiger charge is -1.97. The normalized spacial score (nSPS) is 10.5. The molecule has 7 nitrogen and oxygen atoms in total. The van der Waals surface area contributed by atoms with E-state index in [1.165, 1.54) is 10.9 Å². The first-order chi connectivity index (χ1) is 7.11. The van der Waals surface area contributed by atoms with E-state index in [0.29, 0.717) is 11.5 Å². The van der Waals surface area contributed by atoms with Crippen LogP contribution in [0.4, 0.5) is 0 Å². The number of aromatic nitrogens is 4. The molecule has 0 saturated heterocycles. The van der Waals surface area contributed by atoms with Crippen LogP contribution in [0.1, 0.15) is 16.2 Å². The summed E-state index contributed by atoms with van der Waals surface area (Å²) in [5.41, 5.74) is -0.0289. The minimum absolute atomic E-state index is 0.336. The molecule has 0 spiro atoms. The first kappa shape index (κ1) is 9.25. The van der Waals surface area contributed by atoms with E-state index in [0.717, 1.165) is 0 Å². The molecule has 7 heteroatoms. The molecular formula is C8H8N4O3. The Hall–Kier alpha value is -2.31. The molecule has 0 radical (unpaired) electrons. The smallest absolute Gasteiger partial charge is 0.360 e. The predicted molar refractivity (Wildman–Crippen MR) is 49.1 cm³/mol. The van der Waals surface area contributed by atoms with Gasteiger partial charge in [0.25, 0.3) is 0 Å². The molecule has 2 aromatic heterocycles. The molecule has 2 aromatic rings. The monoisotopic (exact) mass is 208 g/mol. The quantitative estimate of drug-likeness (QED) is 0.658. The Labute approximate surface area is 84.0 Å². The van der Waals surface area contributed by atoms with Crippen molar-refractivity contribution in [3.8, 4) is 11.6 Å². The number of carboxylic acid groups (broad SMARTS) is 1. The second kappa shape index (κ2) is 3.12. The number of carbonyl (C=O) groups is 1. The standard InChI is InChI=1S/C8H8N4O3/c1-4-7(13)6(8(14)15)11-12(4)5-2-3-9-10-5/h2-3,13H,1H3,(H,9,10)(H,14,15). The molecule has 0 aliphatic rings. The number of rotatable bonds is 2. The molecule has 0 amide bonds. The van der Waals surface area contributed by atoms with Gasteiger partial charge in [-0.05, 0) is 6.92 Å². The Morgan fingerprint density at radius 1 is 1.60 bits per heavy atom. The third-order valence-electron chi connectivity index (χ3n) is 2.00. The molecule has 0 bridgehead atoms. The van der Waals surface area contributed by atoms with Crippen molar-refractivity contribution >= 4 is 5.97 Å². The minimum atomic E-state index is -1.27. The third-order valence-corrected chi connectivity index (χ3v) is 2.00. The average Bonchev–Trinajstić information content (AvgIpc) is 2.77. The van der Waals surface area contributed by atoms with Gasteiger partial charge in [-0.15, -0.1) is 0 Å². The van der Waals surface area contributed by atoms with E-state index >= 15 is 0 Å². The summed E-state index contributed by atoms with van der Waals surface area (Å²) in [5, 5.41) is 28.3. The Morgan fingerprint density at radius 3 is 2.80 bits per heavy atom. The van der Waals surface area contributed by atoms with Crippen molar-refractivity contribution in [3.63, 3.8) is 0 Å². The zero-order valence-electron chi connectivity index (χ0n) is 7.80. The van der Waals surface area contributed by atoms with Gasteiger partial charge in [-0.1, -0.05) is 0 Å². The second-order valence-corrected chi connectivity index (χ2v) is 2.94. The van der Waals surface area contributed by atoms with Gasteiger partial charge in [0.15, 0.2) is 5.75 Å². The maximum atomic E-state index is 10.7. The van der Waals surface area contributed by atoms with E-state index in [-0.39, 0.29) is 11.4 Å². The van der Waals surface area contributed by atoms with Crippen molar-refractivity contribution in [1.29, 1.82) is 0 Å². The summed E-state index contributed by atoms with van der Waals surface area (Å²) in [6, 6.07) is 1.62. The lowest BCUT2D eigenvalue weighted by Crippen LogP contribution is -2.02. The summed E-state index contributed by atoms with van der Waals surface area (Å²) >= 11 is 0. The highest BCUT2D eigenvalue weighted by molar-refractivity contribution is 5.88. The van der Waals surface area contributed by atoms with Crippen LogP contribution in [0.15, 0.2) is 12.3 Å². The van der Waals surface area contributed by atoms with Crippen molar-refractivity contribution in [2.75, 3.05) is 0 Å². The third kappa shape index (κ3) is 1.33. The van der Waals surface area contributed by atoms with Gasteiger partial charge >= 0.3 is 5.97 Å². The van der Waals surface area contributed by atoms with E-state index in [4.69, 9.17) is 5.11 Å². The lowest BCUT2D eigenvalue weighted by molar-refractivity contribution is 0.0687. The summed E-state index contributed by atoms with van der Waals surface area (Å²) in [6.45, 7) is 1.57. The van der Waals surface area contributed by atoms with Crippen LogP contribution in [0.5, 0.6) is 5.75 Å². The molecule has 2 heterocycles. The van der Waals surface area contributed by atoms with Crippen LogP contribution < -0.4 is 0 Å². The highest BCUT2D eigenvalue weighted by atomic mass is 16.4. The molecule has 2 rings (SSSR count). The number of nitrogens with zero attached hydrogens (tertiary/aromatic N) is 3. The van der Waals surface area contributed by atoms with Gasteiger partial charge in [-0.2, -0.15) is 10.2 Å². The van der Waals surface area contributed by atoms with Crippen molar-refractivity contribution < 1.29 is 15.0 Å². The van der Waals surface area contributed by atoms with Crippen molar-refractivity contribution in [2.45, 2.75) is 6.92 Å². The van der Waals surface area contributed by atoms with Gasteiger partial charge in [0.1, 0.15) is 5.82 Å². The van der Waals surface area contributed by atoms with E-state index in [1.54, 1.807) is 13.0 Å². The second-order valence-electron chi connectivity index (χ2n) is 2.94. The fourth-order valence-electron chi connectivity index (χ4n) is 1.24. The average molecular weight is 208 g/mol. The summed E-state index contributed by atoms with van der Waals surface area (Å²) in [6.07, 6.45) is 1.51. The number of aromatic hydroxyl groups is 1. The van der Waals surface area contributed by atoms with E-state index in [9.17, 15) is 9.90 Å². The number of hydrogen-bond donors (Lipinski definition) is 3. The zero-order valence-corrected chi connectivity index (χ0v) is 7.80. The van der Waals surface area contributed by atoms with Crippen molar-refractivity contribution in [3.05, 3.63) is 23.7 Å². The summed E-state index contributed by atoms with van der Waals surface area (Å²) in [5.74, 6) is -1.11. The van der Waals surface area contributed by atoms with Crippen LogP contribution in [0.25, 0.3) is 5.82 Å². The van der Waals surface area contributed by atoms with E-state index in [2.05, 4.69) is 15.3 Å². The number of aromatic carboxylic acids is 1. The van der Waals surface area contributed by atoms with Crippen molar-refractivity contribution in [2.24, 2.45) is 0 Å². The predicted octanol–water partition coefficient (Wildman–Crippen LogP) is 0.308. The molecule has 0 saturated carbocycles. The molecule has 0 aliphatic carbocycles. The van der Waals surface area contributed by atoms with Crippen LogP contribution in [0.2, 0.25) is 0 Å². The SMILES string of the molecule is Cc1c(O)c(C(=O)O)nn1-c1ccn[nH]1. The number of H-pyrrole nitrogens is 1. The first-order valence-electron chi connectivity index (χ1n) is 4.13. The molecular weight excluding hydrogens is 200 g/mol. The molecule has 15 heavy (non-hydrogen) atoms. The summed E-state index contributed by atoms with van der Waals surface area (Å²) in [7, 11) is 0. The fraction of sp³-hybridized carbons (Fsp3) is 0.125. The van der Waals surface area contributed by atoms with Gasteiger partial charge in [-0.25, -0.2) is 9.48 Å². The molecule has 78 valence electrons. The molecule has 0 unspecified atom stereocenters. The molecule has 0 aromatic carbocycles. The fourth-order valence-corrected chi connectivity index (χ4v) is 1.24. The van der Waals surface area contributed by atoms with Gasteiger partial charge in [0.05, 0.1) is 11.9 Å². The van der Waals surface area contributed by atoms with Crippen LogP contribution >= 0.6 is 0 Å².